The molecule has 5 heteroatoms. The standard InChI is InChI=1S/C12H19N3OS/c1-8-6-14-12(17-8)11(9-4-5-9)13-7-10(16)15(2)3/h6,9,11,13H,4-5,7H2,1-3H3. The van der Waals surface area contributed by atoms with E-state index in [2.05, 4.69) is 17.2 Å². The van der Waals surface area contributed by atoms with Crippen LogP contribution in [0.3, 0.4) is 0 Å². The van der Waals surface area contributed by atoms with Gasteiger partial charge in [-0.3, -0.25) is 10.1 Å². The van der Waals surface area contributed by atoms with E-state index in [-0.39, 0.29) is 11.9 Å². The highest BCUT2D eigenvalue weighted by Crippen LogP contribution is 2.41. The van der Waals surface area contributed by atoms with E-state index in [1.54, 1.807) is 30.3 Å². The van der Waals surface area contributed by atoms with Crippen LogP contribution in [0.25, 0.3) is 0 Å². The first-order valence-corrected chi connectivity index (χ1v) is 6.75. The number of carbonyl (C=O) groups excluding carboxylic acids is 1. The Morgan fingerprint density at radius 1 is 1.65 bits per heavy atom. The number of nitrogens with one attached hydrogen (secondary N) is 1. The third-order valence-electron chi connectivity index (χ3n) is 2.97. The van der Waals surface area contributed by atoms with Gasteiger partial charge in [0.05, 0.1) is 12.6 Å². The summed E-state index contributed by atoms with van der Waals surface area (Å²) in [5.74, 6) is 0.777. The number of hydrogen-bond donors (Lipinski definition) is 1. The predicted molar refractivity (Wildman–Crippen MR) is 69.0 cm³/mol. The second-order valence-electron chi connectivity index (χ2n) is 4.79. The minimum Gasteiger partial charge on any atom is -0.348 e. The Morgan fingerprint density at radius 3 is 2.82 bits per heavy atom. The zero-order valence-corrected chi connectivity index (χ0v) is 11.4. The van der Waals surface area contributed by atoms with Crippen LogP contribution in [0.1, 0.15) is 28.8 Å². The smallest absolute Gasteiger partial charge is 0.236 e. The van der Waals surface area contributed by atoms with Crippen LogP contribution in [0.15, 0.2) is 6.20 Å². The lowest BCUT2D eigenvalue weighted by Crippen LogP contribution is -2.35. The second kappa shape index (κ2) is 5.14. The Bertz CT molecular complexity index is 398. The summed E-state index contributed by atoms with van der Waals surface area (Å²) >= 11 is 1.73. The van der Waals surface area contributed by atoms with E-state index in [1.165, 1.54) is 17.7 Å². The minimum atomic E-state index is 0.115. The molecule has 0 aromatic carbocycles. The highest BCUT2D eigenvalue weighted by atomic mass is 32.1. The fourth-order valence-electron chi connectivity index (χ4n) is 1.76. The van der Waals surface area contributed by atoms with Crippen LogP contribution in [0.5, 0.6) is 0 Å². The molecule has 94 valence electrons. The van der Waals surface area contributed by atoms with E-state index >= 15 is 0 Å². The Hall–Kier alpha value is -0.940. The normalized spacial score (nSPS) is 16.9. The van der Waals surface area contributed by atoms with Crippen LogP contribution >= 0.6 is 11.3 Å². The van der Waals surface area contributed by atoms with Gasteiger partial charge < -0.3 is 4.90 Å². The van der Waals surface area contributed by atoms with E-state index in [0.717, 1.165) is 5.01 Å². The lowest BCUT2D eigenvalue weighted by Gasteiger charge is -2.17. The number of carbonyl (C=O) groups is 1. The molecule has 4 nitrogen and oxygen atoms in total. The molecular weight excluding hydrogens is 234 g/mol. The maximum absolute atomic E-state index is 11.6. The molecule has 0 radical (unpaired) electrons. The lowest BCUT2D eigenvalue weighted by molar-refractivity contribution is -0.127. The summed E-state index contributed by atoms with van der Waals surface area (Å²) in [6.45, 7) is 2.46. The van der Waals surface area contributed by atoms with Crippen molar-refractivity contribution in [2.45, 2.75) is 25.8 Å². The van der Waals surface area contributed by atoms with E-state index in [4.69, 9.17) is 0 Å². The molecule has 1 amide bonds. The van der Waals surface area contributed by atoms with Crippen molar-refractivity contribution in [3.05, 3.63) is 16.1 Å². The van der Waals surface area contributed by atoms with Crippen LogP contribution in [-0.2, 0) is 4.79 Å². The van der Waals surface area contributed by atoms with E-state index < -0.39 is 0 Å². The van der Waals surface area contributed by atoms with Crippen molar-refractivity contribution in [1.29, 1.82) is 0 Å². The first kappa shape index (κ1) is 12.5. The molecule has 1 aromatic heterocycles. The molecule has 1 aliphatic rings. The monoisotopic (exact) mass is 253 g/mol. The van der Waals surface area contributed by atoms with E-state index in [9.17, 15) is 4.79 Å². The summed E-state index contributed by atoms with van der Waals surface area (Å²) in [7, 11) is 3.56. The number of likely N-dealkylation sites (N-methyl/N-ethyl adjacent to an activating group) is 1. The number of nitrogens with zero attached hydrogens (tertiary/aromatic N) is 2. The van der Waals surface area contributed by atoms with Crippen molar-refractivity contribution < 1.29 is 4.79 Å². The van der Waals surface area contributed by atoms with Gasteiger partial charge in [-0.15, -0.1) is 11.3 Å². The average molecular weight is 253 g/mol. The van der Waals surface area contributed by atoms with Gasteiger partial charge in [0, 0.05) is 25.2 Å². The molecule has 0 spiro atoms. The Kier molecular flexibility index (Phi) is 3.79. The fraction of sp³-hybridized carbons (Fsp3) is 0.667. The topological polar surface area (TPSA) is 45.2 Å². The predicted octanol–water partition coefficient (Wildman–Crippen LogP) is 1.58. The summed E-state index contributed by atoms with van der Waals surface area (Å²) in [6, 6.07) is 0.262. The molecule has 2 rings (SSSR count). The molecular formula is C12H19N3OS. The van der Waals surface area contributed by atoms with Crippen LogP contribution < -0.4 is 5.32 Å². The molecule has 1 heterocycles. The second-order valence-corrected chi connectivity index (χ2v) is 6.06. The molecule has 1 unspecified atom stereocenters. The number of aromatic nitrogens is 1. The molecule has 17 heavy (non-hydrogen) atoms. The van der Waals surface area contributed by atoms with Gasteiger partial charge in [0.15, 0.2) is 0 Å². The lowest BCUT2D eigenvalue weighted by atomic mass is 10.2. The highest BCUT2D eigenvalue weighted by molar-refractivity contribution is 7.11. The van der Waals surface area contributed by atoms with Crippen molar-refractivity contribution in [3.8, 4) is 0 Å². The van der Waals surface area contributed by atoms with Crippen molar-refractivity contribution in [1.82, 2.24) is 15.2 Å². The first-order valence-electron chi connectivity index (χ1n) is 5.94. The van der Waals surface area contributed by atoms with Crippen LogP contribution in [0, 0.1) is 12.8 Å². The molecule has 0 bridgehead atoms. The minimum absolute atomic E-state index is 0.115. The van der Waals surface area contributed by atoms with E-state index in [0.29, 0.717) is 12.5 Å². The number of rotatable bonds is 5. The maximum atomic E-state index is 11.6. The molecule has 1 atom stereocenters. The van der Waals surface area contributed by atoms with E-state index in [1.807, 2.05) is 6.20 Å². The van der Waals surface area contributed by atoms with Crippen LogP contribution in [0.2, 0.25) is 0 Å². The Morgan fingerprint density at radius 2 is 2.35 bits per heavy atom. The van der Waals surface area contributed by atoms with Crippen LogP contribution in [0.4, 0.5) is 0 Å². The Balaban J connectivity index is 1.96. The van der Waals surface area contributed by atoms with Gasteiger partial charge in [0.1, 0.15) is 5.01 Å². The SMILES string of the molecule is Cc1cnc(C(NCC(=O)N(C)C)C2CC2)s1. The molecule has 0 saturated heterocycles. The molecule has 1 N–H and O–H groups in total. The first-order chi connectivity index (χ1) is 8.08. The average Bonchev–Trinajstić information content (AvgIpc) is 3.02. The number of hydrogen-bond acceptors (Lipinski definition) is 4. The third kappa shape index (κ3) is 3.26. The molecule has 0 aliphatic heterocycles. The van der Waals surface area contributed by atoms with Crippen molar-refractivity contribution in [2.24, 2.45) is 5.92 Å². The zero-order valence-electron chi connectivity index (χ0n) is 10.6. The van der Waals surface area contributed by atoms with Crippen molar-refractivity contribution in [3.63, 3.8) is 0 Å². The van der Waals surface area contributed by atoms with Gasteiger partial charge >= 0.3 is 0 Å². The third-order valence-corrected chi connectivity index (χ3v) is 3.97. The fourth-order valence-corrected chi connectivity index (χ4v) is 2.70. The zero-order chi connectivity index (χ0) is 12.4. The number of aryl methyl sites for hydroxylation is 1. The maximum Gasteiger partial charge on any atom is 0.236 e. The molecule has 1 aliphatic carbocycles. The quantitative estimate of drug-likeness (QED) is 0.866. The summed E-state index contributed by atoms with van der Waals surface area (Å²) in [4.78, 5) is 18.8. The number of thiazole rings is 1. The van der Waals surface area contributed by atoms with Gasteiger partial charge in [0.25, 0.3) is 0 Å². The van der Waals surface area contributed by atoms with Crippen molar-refractivity contribution >= 4 is 17.2 Å². The van der Waals surface area contributed by atoms with Gasteiger partial charge in [0.2, 0.25) is 5.91 Å². The van der Waals surface area contributed by atoms with Crippen molar-refractivity contribution in [2.75, 3.05) is 20.6 Å². The van der Waals surface area contributed by atoms with Crippen LogP contribution in [-0.4, -0.2) is 36.4 Å². The molecule has 1 saturated carbocycles. The van der Waals surface area contributed by atoms with Gasteiger partial charge in [-0.1, -0.05) is 0 Å². The summed E-state index contributed by atoms with van der Waals surface area (Å²) in [5.41, 5.74) is 0. The molecule has 1 aromatic rings. The summed E-state index contributed by atoms with van der Waals surface area (Å²) in [6.07, 6.45) is 4.39. The summed E-state index contributed by atoms with van der Waals surface area (Å²) in [5, 5.41) is 4.47. The Labute approximate surface area is 106 Å². The molecule has 1 fully saturated rings. The summed E-state index contributed by atoms with van der Waals surface area (Å²) < 4.78 is 0. The number of amides is 1. The van der Waals surface area contributed by atoms with Gasteiger partial charge in [-0.2, -0.15) is 0 Å². The van der Waals surface area contributed by atoms with Gasteiger partial charge in [-0.25, -0.2) is 4.98 Å². The van der Waals surface area contributed by atoms with Gasteiger partial charge in [-0.05, 0) is 25.7 Å². The highest BCUT2D eigenvalue weighted by Gasteiger charge is 2.34. The largest absolute Gasteiger partial charge is 0.348 e.